The van der Waals surface area contributed by atoms with Crippen LogP contribution in [0.3, 0.4) is 0 Å². The Morgan fingerprint density at radius 2 is 2.29 bits per heavy atom. The van der Waals surface area contributed by atoms with Crippen molar-refractivity contribution in [3.63, 3.8) is 0 Å². The van der Waals surface area contributed by atoms with Gasteiger partial charge in [0.15, 0.2) is 0 Å². The van der Waals surface area contributed by atoms with Crippen molar-refractivity contribution >= 4 is 28.6 Å². The van der Waals surface area contributed by atoms with Crippen LogP contribution in [0.25, 0.3) is 11.4 Å². The molecular weight excluding hydrogens is 342 g/mol. The van der Waals surface area contributed by atoms with Gasteiger partial charge in [-0.05, 0) is 22.9 Å². The Morgan fingerprint density at radius 1 is 1.38 bits per heavy atom. The van der Waals surface area contributed by atoms with Gasteiger partial charge in [0.1, 0.15) is 0 Å². The van der Waals surface area contributed by atoms with Crippen molar-refractivity contribution in [2.75, 3.05) is 6.54 Å². The molecule has 0 spiro atoms. The quantitative estimate of drug-likeness (QED) is 0.570. The second-order valence-corrected chi connectivity index (χ2v) is 6.98. The first-order chi connectivity index (χ1) is 11.8. The van der Waals surface area contributed by atoms with Crippen LogP contribution in [0.2, 0.25) is 0 Å². The molecule has 0 aliphatic rings. The fourth-order valence-corrected chi connectivity index (χ4v) is 3.59. The predicted octanol–water partition coefficient (Wildman–Crippen LogP) is 4.01. The topological polar surface area (TPSA) is 59.2 Å². The minimum Gasteiger partial charge on any atom is -0.339 e. The summed E-state index contributed by atoms with van der Waals surface area (Å²) in [5, 5.41) is 9.90. The van der Waals surface area contributed by atoms with E-state index >= 15 is 0 Å². The first kappa shape index (κ1) is 16.6. The van der Waals surface area contributed by atoms with Crippen molar-refractivity contribution in [1.82, 2.24) is 15.0 Å². The number of carbonyl (C=O) groups is 1. The SMILES string of the molecule is C=CCN(Cc1cccs1)C(=O)CCc1nc(-c2ccsc2)no1. The van der Waals surface area contributed by atoms with Crippen LogP contribution in [0.15, 0.2) is 51.5 Å². The summed E-state index contributed by atoms with van der Waals surface area (Å²) in [6.07, 6.45) is 2.52. The van der Waals surface area contributed by atoms with Gasteiger partial charge in [0.2, 0.25) is 17.6 Å². The van der Waals surface area contributed by atoms with Crippen molar-refractivity contribution in [2.45, 2.75) is 19.4 Å². The highest BCUT2D eigenvalue weighted by Gasteiger charge is 2.16. The molecule has 0 bridgehead atoms. The third-order valence-corrected chi connectivity index (χ3v) is 4.97. The van der Waals surface area contributed by atoms with E-state index < -0.39 is 0 Å². The summed E-state index contributed by atoms with van der Waals surface area (Å²) in [5.74, 6) is 1.11. The summed E-state index contributed by atoms with van der Waals surface area (Å²) >= 11 is 3.22. The first-order valence-corrected chi connectivity index (χ1v) is 9.34. The Hall–Kier alpha value is -2.25. The van der Waals surface area contributed by atoms with E-state index in [1.165, 1.54) is 0 Å². The van der Waals surface area contributed by atoms with Gasteiger partial charge in [0.25, 0.3) is 0 Å². The summed E-state index contributed by atoms with van der Waals surface area (Å²) in [5.41, 5.74) is 0.937. The highest BCUT2D eigenvalue weighted by atomic mass is 32.1. The molecule has 0 saturated heterocycles. The number of amides is 1. The average molecular weight is 359 g/mol. The molecule has 0 aliphatic heterocycles. The van der Waals surface area contributed by atoms with Gasteiger partial charge in [-0.3, -0.25) is 4.79 Å². The second-order valence-electron chi connectivity index (χ2n) is 5.17. The highest BCUT2D eigenvalue weighted by molar-refractivity contribution is 7.09. The molecule has 0 fully saturated rings. The number of hydrogen-bond acceptors (Lipinski definition) is 6. The van der Waals surface area contributed by atoms with E-state index in [0.717, 1.165) is 10.4 Å². The third-order valence-electron chi connectivity index (χ3n) is 3.43. The minimum atomic E-state index is 0.0542. The number of aromatic nitrogens is 2. The molecule has 3 aromatic rings. The molecule has 3 heterocycles. The van der Waals surface area contributed by atoms with Gasteiger partial charge < -0.3 is 9.42 Å². The van der Waals surface area contributed by atoms with Crippen molar-refractivity contribution in [2.24, 2.45) is 0 Å². The number of nitrogens with zero attached hydrogens (tertiary/aromatic N) is 3. The average Bonchev–Trinajstić information content (AvgIpc) is 3.32. The summed E-state index contributed by atoms with van der Waals surface area (Å²) in [6.45, 7) is 4.86. The maximum Gasteiger partial charge on any atom is 0.227 e. The summed E-state index contributed by atoms with van der Waals surface area (Å²) in [6, 6.07) is 5.96. The maximum atomic E-state index is 12.5. The number of rotatable bonds is 8. The molecule has 3 rings (SSSR count). The molecule has 124 valence electrons. The lowest BCUT2D eigenvalue weighted by atomic mass is 10.2. The molecule has 0 atom stereocenters. The normalized spacial score (nSPS) is 10.7. The molecule has 0 aliphatic carbocycles. The summed E-state index contributed by atoms with van der Waals surface area (Å²) in [7, 11) is 0. The van der Waals surface area contributed by atoms with Crippen molar-refractivity contribution in [3.05, 3.63) is 57.8 Å². The smallest absolute Gasteiger partial charge is 0.227 e. The Morgan fingerprint density at radius 3 is 3.00 bits per heavy atom. The lowest BCUT2D eigenvalue weighted by molar-refractivity contribution is -0.131. The molecular formula is C17H17N3O2S2. The van der Waals surface area contributed by atoms with Crippen molar-refractivity contribution in [1.29, 1.82) is 0 Å². The van der Waals surface area contributed by atoms with E-state index in [-0.39, 0.29) is 5.91 Å². The van der Waals surface area contributed by atoms with E-state index in [0.29, 0.717) is 37.6 Å². The van der Waals surface area contributed by atoms with Crippen LogP contribution < -0.4 is 0 Å². The molecule has 7 heteroatoms. The predicted molar refractivity (Wildman–Crippen MR) is 95.9 cm³/mol. The van der Waals surface area contributed by atoms with E-state index in [9.17, 15) is 4.79 Å². The molecule has 5 nitrogen and oxygen atoms in total. The largest absolute Gasteiger partial charge is 0.339 e. The molecule has 0 aromatic carbocycles. The van der Waals surface area contributed by atoms with Crippen LogP contribution in [-0.4, -0.2) is 27.5 Å². The number of carbonyl (C=O) groups excluding carboxylic acids is 1. The molecule has 0 saturated carbocycles. The van der Waals surface area contributed by atoms with Crippen LogP contribution in [-0.2, 0) is 17.8 Å². The lowest BCUT2D eigenvalue weighted by Gasteiger charge is -2.20. The Balaban J connectivity index is 1.58. The zero-order valence-corrected chi connectivity index (χ0v) is 14.7. The molecule has 3 aromatic heterocycles. The van der Waals surface area contributed by atoms with Crippen LogP contribution in [0.5, 0.6) is 0 Å². The van der Waals surface area contributed by atoms with Crippen molar-refractivity contribution in [3.8, 4) is 11.4 Å². The summed E-state index contributed by atoms with van der Waals surface area (Å²) < 4.78 is 5.24. The van der Waals surface area contributed by atoms with E-state index in [4.69, 9.17) is 4.52 Å². The fraction of sp³-hybridized carbons (Fsp3) is 0.235. The van der Waals surface area contributed by atoms with Crippen molar-refractivity contribution < 1.29 is 9.32 Å². The van der Waals surface area contributed by atoms with Crippen LogP contribution >= 0.6 is 22.7 Å². The first-order valence-electron chi connectivity index (χ1n) is 7.52. The Kier molecular flexibility index (Phi) is 5.55. The zero-order chi connectivity index (χ0) is 16.8. The zero-order valence-electron chi connectivity index (χ0n) is 13.1. The molecule has 24 heavy (non-hydrogen) atoms. The molecule has 1 amide bonds. The highest BCUT2D eigenvalue weighted by Crippen LogP contribution is 2.19. The van der Waals surface area contributed by atoms with Gasteiger partial charge in [0.05, 0.1) is 6.54 Å². The number of hydrogen-bond donors (Lipinski definition) is 0. The van der Waals surface area contributed by atoms with E-state index in [2.05, 4.69) is 16.7 Å². The van der Waals surface area contributed by atoms with Gasteiger partial charge in [-0.25, -0.2) is 0 Å². The minimum absolute atomic E-state index is 0.0542. The number of aryl methyl sites for hydroxylation is 1. The molecule has 0 N–H and O–H groups in total. The fourth-order valence-electron chi connectivity index (χ4n) is 2.24. The third kappa shape index (κ3) is 4.18. The van der Waals surface area contributed by atoms with Gasteiger partial charge in [0, 0.05) is 35.2 Å². The van der Waals surface area contributed by atoms with E-state index in [1.54, 1.807) is 33.6 Å². The standard InChI is InChI=1S/C17H17N3O2S2/c1-2-8-20(11-14-4-3-9-24-14)16(21)6-5-15-18-17(19-22-15)13-7-10-23-12-13/h2-4,7,9-10,12H,1,5-6,8,11H2. The van der Waals surface area contributed by atoms with Crippen LogP contribution in [0.4, 0.5) is 0 Å². The van der Waals surface area contributed by atoms with Crippen LogP contribution in [0, 0.1) is 0 Å². The monoisotopic (exact) mass is 359 g/mol. The van der Waals surface area contributed by atoms with E-state index in [1.807, 2.05) is 34.3 Å². The van der Waals surface area contributed by atoms with Gasteiger partial charge >= 0.3 is 0 Å². The van der Waals surface area contributed by atoms with Gasteiger partial charge in [-0.2, -0.15) is 16.3 Å². The van der Waals surface area contributed by atoms with Gasteiger partial charge in [-0.15, -0.1) is 17.9 Å². The molecule has 0 unspecified atom stereocenters. The Bertz CT molecular complexity index is 779. The maximum absolute atomic E-state index is 12.5. The molecule has 0 radical (unpaired) electrons. The lowest BCUT2D eigenvalue weighted by Crippen LogP contribution is -2.30. The van der Waals surface area contributed by atoms with Crippen LogP contribution in [0.1, 0.15) is 17.2 Å². The second kappa shape index (κ2) is 8.03. The number of thiophene rings is 2. The van der Waals surface area contributed by atoms with Gasteiger partial charge in [-0.1, -0.05) is 17.3 Å². The summed E-state index contributed by atoms with van der Waals surface area (Å²) in [4.78, 5) is 19.8. The Labute approximate surface area is 148 Å².